The molecule has 4 aromatic rings. The predicted octanol–water partition coefficient (Wildman–Crippen LogP) is 7.38. The van der Waals surface area contributed by atoms with Crippen LogP contribution < -0.4 is 19.3 Å². The van der Waals surface area contributed by atoms with Crippen LogP contribution in [0.1, 0.15) is 11.1 Å². The first-order valence-electron chi connectivity index (χ1n) is 12.2. The second-order valence-electron chi connectivity index (χ2n) is 8.71. The maximum Gasteiger partial charge on any atom is 0.343 e. The molecule has 4 amide bonds. The number of hydrogen-bond donors (Lipinski definition) is 0. The summed E-state index contributed by atoms with van der Waals surface area (Å²) >= 11 is 7.06. The van der Waals surface area contributed by atoms with Crippen molar-refractivity contribution in [3.63, 3.8) is 0 Å². The van der Waals surface area contributed by atoms with E-state index in [0.717, 1.165) is 19.8 Å². The van der Waals surface area contributed by atoms with Crippen LogP contribution in [-0.2, 0) is 16.2 Å². The number of anilines is 2. The third-order valence-electron chi connectivity index (χ3n) is 6.17. The lowest BCUT2D eigenvalue weighted by molar-refractivity contribution is -0.121. The second-order valence-corrected chi connectivity index (χ2v) is 10.4. The van der Waals surface area contributed by atoms with E-state index in [2.05, 4.69) is 31.9 Å². The van der Waals surface area contributed by atoms with Crippen LogP contribution in [0.25, 0.3) is 6.08 Å². The highest BCUT2D eigenvalue weighted by atomic mass is 79.9. The van der Waals surface area contributed by atoms with Crippen molar-refractivity contribution < 1.29 is 23.9 Å². The predicted molar refractivity (Wildman–Crippen MR) is 160 cm³/mol. The maximum atomic E-state index is 13.6. The summed E-state index contributed by atoms with van der Waals surface area (Å²) in [6, 6.07) is 27.4. The first-order valence-corrected chi connectivity index (χ1v) is 13.8. The molecular formula is C31H22Br2N2O5. The SMILES string of the molecule is COc1cc(C=C2C(=O)N(c3ccccc3)C(=O)N(c3ccccc3)C2=O)cc(Br)c1OCc1ccccc1Br. The van der Waals surface area contributed by atoms with Gasteiger partial charge in [0.2, 0.25) is 0 Å². The van der Waals surface area contributed by atoms with E-state index in [9.17, 15) is 14.4 Å². The molecule has 5 rings (SSSR count). The Bertz CT molecular complexity index is 1560. The van der Waals surface area contributed by atoms with E-state index in [0.29, 0.717) is 32.9 Å². The Hall–Kier alpha value is -4.21. The average Bonchev–Trinajstić information content (AvgIpc) is 2.96. The van der Waals surface area contributed by atoms with Crippen LogP contribution in [0.3, 0.4) is 0 Å². The van der Waals surface area contributed by atoms with E-state index in [-0.39, 0.29) is 12.2 Å². The van der Waals surface area contributed by atoms with Gasteiger partial charge in [0.05, 0.1) is 23.0 Å². The van der Waals surface area contributed by atoms with E-state index in [1.165, 1.54) is 13.2 Å². The molecule has 1 aliphatic heterocycles. The van der Waals surface area contributed by atoms with Crippen molar-refractivity contribution in [2.24, 2.45) is 0 Å². The highest BCUT2D eigenvalue weighted by Gasteiger charge is 2.43. The quantitative estimate of drug-likeness (QED) is 0.153. The number of nitrogens with zero attached hydrogens (tertiary/aromatic N) is 2. The Morgan fingerprint density at radius 3 is 1.82 bits per heavy atom. The van der Waals surface area contributed by atoms with E-state index in [1.54, 1.807) is 72.8 Å². The van der Waals surface area contributed by atoms with Gasteiger partial charge >= 0.3 is 6.03 Å². The third kappa shape index (κ3) is 5.43. The zero-order valence-electron chi connectivity index (χ0n) is 21.2. The van der Waals surface area contributed by atoms with E-state index < -0.39 is 17.8 Å². The molecule has 0 atom stereocenters. The Labute approximate surface area is 247 Å². The average molecular weight is 662 g/mol. The minimum absolute atomic E-state index is 0.178. The van der Waals surface area contributed by atoms with Crippen molar-refractivity contribution in [3.8, 4) is 11.5 Å². The van der Waals surface area contributed by atoms with Crippen LogP contribution in [0, 0.1) is 0 Å². The molecule has 0 saturated carbocycles. The fourth-order valence-corrected chi connectivity index (χ4v) is 5.21. The fraction of sp³-hybridized carbons (Fsp3) is 0.0645. The molecule has 7 nitrogen and oxygen atoms in total. The van der Waals surface area contributed by atoms with Crippen molar-refractivity contribution in [1.82, 2.24) is 0 Å². The van der Waals surface area contributed by atoms with Crippen molar-refractivity contribution in [2.75, 3.05) is 16.9 Å². The van der Waals surface area contributed by atoms with E-state index in [4.69, 9.17) is 9.47 Å². The normalized spacial score (nSPS) is 13.5. The van der Waals surface area contributed by atoms with Crippen LogP contribution in [0.5, 0.6) is 11.5 Å². The topological polar surface area (TPSA) is 76.2 Å². The van der Waals surface area contributed by atoms with E-state index >= 15 is 0 Å². The van der Waals surface area contributed by atoms with Gasteiger partial charge in [-0.15, -0.1) is 0 Å². The summed E-state index contributed by atoms with van der Waals surface area (Å²) in [6.45, 7) is 0.286. The number of halogens is 2. The van der Waals surface area contributed by atoms with Crippen LogP contribution in [0.15, 0.2) is 112 Å². The molecule has 1 heterocycles. The van der Waals surface area contributed by atoms with Gasteiger partial charge in [-0.05, 0) is 70.0 Å². The van der Waals surface area contributed by atoms with Crippen molar-refractivity contribution >= 4 is 67.2 Å². The minimum atomic E-state index is -0.751. The number of carbonyl (C=O) groups is 3. The van der Waals surface area contributed by atoms with Crippen LogP contribution >= 0.6 is 31.9 Å². The smallest absolute Gasteiger partial charge is 0.343 e. The lowest BCUT2D eigenvalue weighted by Gasteiger charge is -2.34. The van der Waals surface area contributed by atoms with Crippen LogP contribution in [0.2, 0.25) is 0 Å². The van der Waals surface area contributed by atoms with Crippen molar-refractivity contribution in [3.05, 3.63) is 123 Å². The summed E-state index contributed by atoms with van der Waals surface area (Å²) in [5.74, 6) is -0.580. The molecule has 0 aromatic heterocycles. The molecule has 0 aliphatic carbocycles. The molecule has 40 heavy (non-hydrogen) atoms. The number of ether oxygens (including phenoxy) is 2. The molecule has 0 bridgehead atoms. The Morgan fingerprint density at radius 1 is 0.725 bits per heavy atom. The van der Waals surface area contributed by atoms with Crippen molar-refractivity contribution in [2.45, 2.75) is 6.61 Å². The molecule has 1 saturated heterocycles. The van der Waals surface area contributed by atoms with E-state index in [1.807, 2.05) is 24.3 Å². The monoisotopic (exact) mass is 660 g/mol. The first-order chi connectivity index (χ1) is 19.4. The lowest BCUT2D eigenvalue weighted by Crippen LogP contribution is -2.57. The van der Waals surface area contributed by atoms with Gasteiger partial charge in [0.15, 0.2) is 11.5 Å². The largest absolute Gasteiger partial charge is 0.493 e. The number of urea groups is 1. The van der Waals surface area contributed by atoms with Gasteiger partial charge in [0.25, 0.3) is 11.8 Å². The van der Waals surface area contributed by atoms with Gasteiger partial charge in [-0.25, -0.2) is 14.6 Å². The summed E-state index contributed by atoms with van der Waals surface area (Å²) in [7, 11) is 1.51. The number of barbiturate groups is 1. The Balaban J connectivity index is 1.55. The Kier molecular flexibility index (Phi) is 8.14. The van der Waals surface area contributed by atoms with Crippen LogP contribution in [-0.4, -0.2) is 25.0 Å². The number of para-hydroxylation sites is 2. The third-order valence-corrected chi connectivity index (χ3v) is 7.53. The number of carbonyl (C=O) groups excluding carboxylic acids is 3. The molecule has 0 radical (unpaired) electrons. The lowest BCUT2D eigenvalue weighted by atomic mass is 10.0. The van der Waals surface area contributed by atoms with Gasteiger partial charge in [-0.1, -0.05) is 70.5 Å². The minimum Gasteiger partial charge on any atom is -0.493 e. The zero-order valence-corrected chi connectivity index (χ0v) is 24.4. The number of benzene rings is 4. The first kappa shape index (κ1) is 27.4. The molecule has 1 fully saturated rings. The number of methoxy groups -OCH3 is 1. The van der Waals surface area contributed by atoms with Gasteiger partial charge in [0, 0.05) is 10.0 Å². The number of hydrogen-bond acceptors (Lipinski definition) is 5. The fourth-order valence-electron chi connectivity index (χ4n) is 4.23. The van der Waals surface area contributed by atoms with Crippen molar-refractivity contribution in [1.29, 1.82) is 0 Å². The van der Waals surface area contributed by atoms with Gasteiger partial charge < -0.3 is 9.47 Å². The van der Waals surface area contributed by atoms with Gasteiger partial charge in [0.1, 0.15) is 12.2 Å². The molecule has 0 spiro atoms. The number of rotatable bonds is 7. The van der Waals surface area contributed by atoms with Crippen LogP contribution in [0.4, 0.5) is 16.2 Å². The van der Waals surface area contributed by atoms with Gasteiger partial charge in [-0.3, -0.25) is 9.59 Å². The highest BCUT2D eigenvalue weighted by Crippen LogP contribution is 2.39. The number of amides is 4. The maximum absolute atomic E-state index is 13.6. The molecule has 4 aromatic carbocycles. The van der Waals surface area contributed by atoms with Gasteiger partial charge in [-0.2, -0.15) is 0 Å². The highest BCUT2D eigenvalue weighted by molar-refractivity contribution is 9.10. The Morgan fingerprint density at radius 2 is 1.27 bits per heavy atom. The number of imide groups is 2. The zero-order chi connectivity index (χ0) is 28.2. The molecule has 0 unspecified atom stereocenters. The molecule has 9 heteroatoms. The summed E-state index contributed by atoms with van der Waals surface area (Å²) in [4.78, 5) is 42.8. The molecule has 200 valence electrons. The second kappa shape index (κ2) is 11.9. The summed E-state index contributed by atoms with van der Waals surface area (Å²) in [5.41, 5.74) is 1.98. The summed E-state index contributed by atoms with van der Waals surface area (Å²) in [6.07, 6.45) is 1.45. The molecule has 0 N–H and O–H groups in total. The molecule has 1 aliphatic rings. The standard InChI is InChI=1S/C31H22Br2N2O5/c1-39-27-18-20(17-26(33)28(27)40-19-21-10-8-9-15-25(21)32)16-24-29(36)34(22-11-4-2-5-12-22)31(38)35(30(24)37)23-13-6-3-7-14-23/h2-18H,19H2,1H3. The summed E-state index contributed by atoms with van der Waals surface area (Å²) < 4.78 is 13.1. The molecular weight excluding hydrogens is 640 g/mol. The summed E-state index contributed by atoms with van der Waals surface area (Å²) in [5, 5.41) is 0.